The standard InChI is InChI=1S/C22H29N3O2/c1-17(2)19-5-7-20(8-6-19)22(27)25-11-4-10-24(13-14-25)21(26)15-18-9-12-23(3)16-18/h5-9,12,16-17H,4,10-11,13-15H2,1-3H3. The van der Waals surface area contributed by atoms with E-state index in [1.807, 2.05) is 64.1 Å². The van der Waals surface area contributed by atoms with Gasteiger partial charge in [-0.2, -0.15) is 0 Å². The summed E-state index contributed by atoms with van der Waals surface area (Å²) in [6.45, 7) is 6.88. The number of aromatic nitrogens is 1. The van der Waals surface area contributed by atoms with Crippen LogP contribution in [-0.2, 0) is 18.3 Å². The van der Waals surface area contributed by atoms with Gasteiger partial charge in [0.1, 0.15) is 0 Å². The van der Waals surface area contributed by atoms with Crippen LogP contribution in [0.15, 0.2) is 42.7 Å². The molecule has 0 atom stereocenters. The molecule has 2 amide bonds. The molecule has 1 aromatic carbocycles. The van der Waals surface area contributed by atoms with Crippen LogP contribution in [0.3, 0.4) is 0 Å². The number of nitrogens with zero attached hydrogens (tertiary/aromatic N) is 3. The summed E-state index contributed by atoms with van der Waals surface area (Å²) in [4.78, 5) is 29.2. The molecular weight excluding hydrogens is 338 g/mol. The van der Waals surface area contributed by atoms with Crippen LogP contribution >= 0.6 is 0 Å². The molecule has 0 aliphatic carbocycles. The summed E-state index contributed by atoms with van der Waals surface area (Å²) >= 11 is 0. The van der Waals surface area contributed by atoms with Crippen molar-refractivity contribution in [2.75, 3.05) is 26.2 Å². The first-order valence-electron chi connectivity index (χ1n) is 9.72. The maximum Gasteiger partial charge on any atom is 0.253 e. The second kappa shape index (κ2) is 8.42. The van der Waals surface area contributed by atoms with E-state index in [9.17, 15) is 9.59 Å². The largest absolute Gasteiger partial charge is 0.357 e. The van der Waals surface area contributed by atoms with Gasteiger partial charge in [0.2, 0.25) is 5.91 Å². The summed E-state index contributed by atoms with van der Waals surface area (Å²) in [6.07, 6.45) is 5.17. The molecule has 3 rings (SSSR count). The lowest BCUT2D eigenvalue weighted by Crippen LogP contribution is -2.38. The molecule has 0 N–H and O–H groups in total. The lowest BCUT2D eigenvalue weighted by molar-refractivity contribution is -0.130. The Morgan fingerprint density at radius 1 is 0.963 bits per heavy atom. The molecule has 1 aliphatic heterocycles. The molecular formula is C22H29N3O2. The number of hydrogen-bond acceptors (Lipinski definition) is 2. The van der Waals surface area contributed by atoms with Crippen LogP contribution in [0.5, 0.6) is 0 Å². The number of carbonyl (C=O) groups is 2. The number of amides is 2. The van der Waals surface area contributed by atoms with E-state index in [0.717, 1.165) is 17.5 Å². The lowest BCUT2D eigenvalue weighted by Gasteiger charge is -2.22. The van der Waals surface area contributed by atoms with Crippen LogP contribution in [0.2, 0.25) is 0 Å². The first kappa shape index (κ1) is 19.2. The molecule has 0 unspecified atom stereocenters. The van der Waals surface area contributed by atoms with Gasteiger partial charge >= 0.3 is 0 Å². The van der Waals surface area contributed by atoms with Crippen molar-refractivity contribution in [2.24, 2.45) is 7.05 Å². The SMILES string of the molecule is CC(C)c1ccc(C(=O)N2CCCN(C(=O)Cc3ccn(C)c3)CC2)cc1. The fraction of sp³-hybridized carbons (Fsp3) is 0.455. The highest BCUT2D eigenvalue weighted by atomic mass is 16.2. The molecule has 0 spiro atoms. The summed E-state index contributed by atoms with van der Waals surface area (Å²) in [6, 6.07) is 9.88. The predicted octanol–water partition coefficient (Wildman–Crippen LogP) is 3.07. The zero-order chi connectivity index (χ0) is 19.4. The molecule has 5 heteroatoms. The first-order valence-corrected chi connectivity index (χ1v) is 9.72. The predicted molar refractivity (Wildman–Crippen MR) is 107 cm³/mol. The number of benzene rings is 1. The van der Waals surface area contributed by atoms with Gasteiger partial charge in [-0.25, -0.2) is 0 Å². The van der Waals surface area contributed by atoms with Gasteiger partial charge in [0.15, 0.2) is 0 Å². The quantitative estimate of drug-likeness (QED) is 0.834. The summed E-state index contributed by atoms with van der Waals surface area (Å²) in [5.74, 6) is 0.649. The Hall–Kier alpha value is -2.56. The Balaban J connectivity index is 1.58. The highest BCUT2D eigenvalue weighted by Gasteiger charge is 2.23. The van der Waals surface area contributed by atoms with E-state index in [-0.39, 0.29) is 11.8 Å². The number of carbonyl (C=O) groups excluding carboxylic acids is 2. The van der Waals surface area contributed by atoms with Crippen LogP contribution in [0, 0.1) is 0 Å². The van der Waals surface area contributed by atoms with Crippen molar-refractivity contribution in [2.45, 2.75) is 32.6 Å². The van der Waals surface area contributed by atoms with Gasteiger partial charge in [-0.15, -0.1) is 0 Å². The van der Waals surface area contributed by atoms with Crippen LogP contribution in [0.4, 0.5) is 0 Å². The van der Waals surface area contributed by atoms with Crippen LogP contribution < -0.4 is 0 Å². The molecule has 2 heterocycles. The highest BCUT2D eigenvalue weighted by molar-refractivity contribution is 5.94. The maximum atomic E-state index is 12.8. The summed E-state index contributed by atoms with van der Waals surface area (Å²) < 4.78 is 1.95. The summed E-state index contributed by atoms with van der Waals surface area (Å²) in [7, 11) is 1.96. The van der Waals surface area contributed by atoms with Crippen molar-refractivity contribution in [3.8, 4) is 0 Å². The third kappa shape index (κ3) is 4.79. The minimum absolute atomic E-state index is 0.0580. The normalized spacial score (nSPS) is 15.1. The maximum absolute atomic E-state index is 12.8. The Labute approximate surface area is 161 Å². The Bertz CT molecular complexity index is 792. The summed E-state index contributed by atoms with van der Waals surface area (Å²) in [5, 5.41) is 0. The fourth-order valence-corrected chi connectivity index (χ4v) is 3.52. The van der Waals surface area contributed by atoms with Crippen molar-refractivity contribution in [1.82, 2.24) is 14.4 Å². The minimum Gasteiger partial charge on any atom is -0.357 e. The van der Waals surface area contributed by atoms with Gasteiger partial charge in [0.05, 0.1) is 6.42 Å². The van der Waals surface area contributed by atoms with Crippen LogP contribution in [-0.4, -0.2) is 52.4 Å². The van der Waals surface area contributed by atoms with Gasteiger partial charge in [-0.05, 0) is 41.7 Å². The third-order valence-electron chi connectivity index (χ3n) is 5.21. The monoisotopic (exact) mass is 367 g/mol. The molecule has 1 saturated heterocycles. The molecule has 0 saturated carbocycles. The van der Waals surface area contributed by atoms with Gasteiger partial charge in [0, 0.05) is 51.2 Å². The Morgan fingerprint density at radius 2 is 1.63 bits per heavy atom. The first-order chi connectivity index (χ1) is 12.9. The van der Waals surface area contributed by atoms with Crippen molar-refractivity contribution in [3.63, 3.8) is 0 Å². The number of hydrogen-bond donors (Lipinski definition) is 0. The second-order valence-electron chi connectivity index (χ2n) is 7.67. The highest BCUT2D eigenvalue weighted by Crippen LogP contribution is 2.16. The van der Waals surface area contributed by atoms with Crippen molar-refractivity contribution in [1.29, 1.82) is 0 Å². The van der Waals surface area contributed by atoms with E-state index in [1.54, 1.807) is 0 Å². The number of aryl methyl sites for hydroxylation is 1. The fourth-order valence-electron chi connectivity index (χ4n) is 3.52. The smallest absolute Gasteiger partial charge is 0.253 e. The van der Waals surface area contributed by atoms with Crippen LogP contribution in [0.25, 0.3) is 0 Å². The molecule has 1 aromatic heterocycles. The van der Waals surface area contributed by atoms with Crippen LogP contribution in [0.1, 0.15) is 47.7 Å². The average Bonchev–Trinajstić information content (AvgIpc) is 2.92. The topological polar surface area (TPSA) is 45.6 Å². The third-order valence-corrected chi connectivity index (χ3v) is 5.21. The lowest BCUT2D eigenvalue weighted by atomic mass is 10.0. The van der Waals surface area contributed by atoms with E-state index in [0.29, 0.717) is 38.5 Å². The van der Waals surface area contributed by atoms with E-state index in [2.05, 4.69) is 13.8 Å². The Kier molecular flexibility index (Phi) is 5.99. The molecule has 2 aromatic rings. The van der Waals surface area contributed by atoms with E-state index in [1.165, 1.54) is 5.56 Å². The molecule has 1 aliphatic rings. The molecule has 5 nitrogen and oxygen atoms in total. The van der Waals surface area contributed by atoms with E-state index < -0.39 is 0 Å². The van der Waals surface area contributed by atoms with Gasteiger partial charge < -0.3 is 14.4 Å². The van der Waals surface area contributed by atoms with Crippen molar-refractivity contribution < 1.29 is 9.59 Å². The van der Waals surface area contributed by atoms with Gasteiger partial charge in [-0.1, -0.05) is 26.0 Å². The Morgan fingerprint density at radius 3 is 2.26 bits per heavy atom. The van der Waals surface area contributed by atoms with E-state index in [4.69, 9.17) is 0 Å². The minimum atomic E-state index is 0.0580. The van der Waals surface area contributed by atoms with Gasteiger partial charge in [-0.3, -0.25) is 9.59 Å². The molecule has 27 heavy (non-hydrogen) atoms. The molecule has 1 fully saturated rings. The van der Waals surface area contributed by atoms with Crippen molar-refractivity contribution in [3.05, 3.63) is 59.4 Å². The van der Waals surface area contributed by atoms with Crippen molar-refractivity contribution >= 4 is 11.8 Å². The average molecular weight is 367 g/mol. The van der Waals surface area contributed by atoms with E-state index >= 15 is 0 Å². The second-order valence-corrected chi connectivity index (χ2v) is 7.67. The molecule has 0 radical (unpaired) electrons. The molecule has 144 valence electrons. The number of rotatable bonds is 4. The van der Waals surface area contributed by atoms with Gasteiger partial charge in [0.25, 0.3) is 5.91 Å². The summed E-state index contributed by atoms with van der Waals surface area (Å²) in [5.41, 5.74) is 2.99. The zero-order valence-corrected chi connectivity index (χ0v) is 16.5. The zero-order valence-electron chi connectivity index (χ0n) is 16.5. The molecule has 0 bridgehead atoms.